The minimum absolute atomic E-state index is 0.0907. The van der Waals surface area contributed by atoms with Crippen LogP contribution in [0.4, 0.5) is 5.69 Å². The number of thioether (sulfide) groups is 1. The highest BCUT2D eigenvalue weighted by molar-refractivity contribution is 7.99. The van der Waals surface area contributed by atoms with Crippen LogP contribution in [-0.2, 0) is 11.3 Å². The lowest BCUT2D eigenvalue weighted by Crippen LogP contribution is -2.22. The molecule has 0 fully saturated rings. The van der Waals surface area contributed by atoms with Gasteiger partial charge >= 0.3 is 0 Å². The van der Waals surface area contributed by atoms with Gasteiger partial charge in [-0.2, -0.15) is 0 Å². The summed E-state index contributed by atoms with van der Waals surface area (Å²) in [5.41, 5.74) is 4.35. The number of aromatic nitrogens is 2. The van der Waals surface area contributed by atoms with Gasteiger partial charge in [-0.1, -0.05) is 23.9 Å². The summed E-state index contributed by atoms with van der Waals surface area (Å²) in [6, 6.07) is 16.9. The van der Waals surface area contributed by atoms with Crippen molar-refractivity contribution in [1.82, 2.24) is 14.9 Å². The molecule has 174 valence electrons. The number of anilines is 1. The van der Waals surface area contributed by atoms with Crippen molar-refractivity contribution in [3.05, 3.63) is 95.2 Å². The van der Waals surface area contributed by atoms with Crippen LogP contribution in [0, 0.1) is 20.8 Å². The molecule has 0 bridgehead atoms. The van der Waals surface area contributed by atoms with E-state index in [1.165, 1.54) is 11.8 Å². The number of nitrogens with one attached hydrogen (secondary N) is 2. The number of aryl methyl sites for hydroxylation is 3. The molecule has 0 spiro atoms. The van der Waals surface area contributed by atoms with E-state index in [0.29, 0.717) is 23.0 Å². The molecule has 4 rings (SSSR count). The van der Waals surface area contributed by atoms with Crippen LogP contribution in [0.2, 0.25) is 0 Å². The van der Waals surface area contributed by atoms with Gasteiger partial charge in [0.15, 0.2) is 5.16 Å². The van der Waals surface area contributed by atoms with E-state index in [-0.39, 0.29) is 17.6 Å². The Kier molecular flexibility index (Phi) is 7.18. The van der Waals surface area contributed by atoms with E-state index in [9.17, 15) is 9.59 Å². The van der Waals surface area contributed by atoms with Crippen LogP contribution >= 0.6 is 11.8 Å². The minimum atomic E-state index is -0.177. The number of benzene rings is 2. The van der Waals surface area contributed by atoms with Crippen LogP contribution in [0.1, 0.15) is 33.0 Å². The summed E-state index contributed by atoms with van der Waals surface area (Å²) in [4.78, 5) is 29.3. The molecule has 0 atom stereocenters. The third kappa shape index (κ3) is 5.77. The molecular formula is C26H26N4O3S. The first-order valence-electron chi connectivity index (χ1n) is 10.9. The average Bonchev–Trinajstić information content (AvgIpc) is 3.47. The molecule has 0 radical (unpaired) electrons. The summed E-state index contributed by atoms with van der Waals surface area (Å²) in [7, 11) is 0. The Labute approximate surface area is 202 Å². The van der Waals surface area contributed by atoms with Gasteiger partial charge in [-0.15, -0.1) is 0 Å². The van der Waals surface area contributed by atoms with Gasteiger partial charge in [-0.3, -0.25) is 14.2 Å². The second kappa shape index (κ2) is 10.4. The molecule has 2 aromatic heterocycles. The van der Waals surface area contributed by atoms with Gasteiger partial charge < -0.3 is 15.1 Å². The van der Waals surface area contributed by atoms with Crippen LogP contribution in [-0.4, -0.2) is 27.1 Å². The lowest BCUT2D eigenvalue weighted by atomic mass is 10.1. The van der Waals surface area contributed by atoms with Crippen LogP contribution in [0.25, 0.3) is 5.69 Å². The summed E-state index contributed by atoms with van der Waals surface area (Å²) in [6.45, 7) is 6.16. The Morgan fingerprint density at radius 3 is 2.56 bits per heavy atom. The van der Waals surface area contributed by atoms with E-state index < -0.39 is 0 Å². The molecule has 0 aliphatic heterocycles. The van der Waals surface area contributed by atoms with Crippen molar-refractivity contribution < 1.29 is 14.0 Å². The number of furan rings is 1. The zero-order chi connectivity index (χ0) is 24.1. The van der Waals surface area contributed by atoms with E-state index in [4.69, 9.17) is 4.42 Å². The van der Waals surface area contributed by atoms with Crippen LogP contribution < -0.4 is 10.6 Å². The van der Waals surface area contributed by atoms with Crippen LogP contribution in [0.5, 0.6) is 0 Å². The Morgan fingerprint density at radius 1 is 1.03 bits per heavy atom. The maximum absolute atomic E-state index is 12.5. The van der Waals surface area contributed by atoms with Crippen molar-refractivity contribution in [2.45, 2.75) is 32.5 Å². The van der Waals surface area contributed by atoms with Gasteiger partial charge in [0.1, 0.15) is 11.5 Å². The quantitative estimate of drug-likeness (QED) is 0.349. The van der Waals surface area contributed by atoms with Crippen LogP contribution in [0.15, 0.2) is 76.6 Å². The van der Waals surface area contributed by atoms with E-state index in [1.54, 1.807) is 18.3 Å². The molecule has 0 saturated heterocycles. The normalized spacial score (nSPS) is 10.8. The molecule has 34 heavy (non-hydrogen) atoms. The van der Waals surface area contributed by atoms with Crippen molar-refractivity contribution in [3.8, 4) is 5.69 Å². The van der Waals surface area contributed by atoms with E-state index in [1.807, 2.05) is 74.0 Å². The first kappa shape index (κ1) is 23.4. The minimum Gasteiger partial charge on any atom is -0.465 e. The highest BCUT2D eigenvalue weighted by atomic mass is 32.2. The predicted molar refractivity (Wildman–Crippen MR) is 133 cm³/mol. The second-order valence-corrected chi connectivity index (χ2v) is 8.92. The third-order valence-electron chi connectivity index (χ3n) is 5.23. The predicted octanol–water partition coefficient (Wildman–Crippen LogP) is 5.05. The summed E-state index contributed by atoms with van der Waals surface area (Å²) < 4.78 is 7.37. The largest absolute Gasteiger partial charge is 0.465 e. The molecular weight excluding hydrogens is 448 g/mol. The fourth-order valence-electron chi connectivity index (χ4n) is 3.40. The Balaban J connectivity index is 1.35. The van der Waals surface area contributed by atoms with Gasteiger partial charge in [0, 0.05) is 29.3 Å². The Hall–Kier alpha value is -3.78. The monoisotopic (exact) mass is 474 g/mol. The number of carbonyl (C=O) groups is 2. The highest BCUT2D eigenvalue weighted by Crippen LogP contribution is 2.22. The molecule has 2 N–H and O–H groups in total. The van der Waals surface area contributed by atoms with E-state index in [0.717, 1.165) is 28.3 Å². The number of rotatable bonds is 8. The van der Waals surface area contributed by atoms with Gasteiger partial charge in [-0.25, -0.2) is 4.98 Å². The molecule has 2 amide bonds. The fraction of sp³-hybridized carbons (Fsp3) is 0.192. The first-order valence-corrected chi connectivity index (χ1v) is 11.8. The smallest absolute Gasteiger partial charge is 0.251 e. The van der Waals surface area contributed by atoms with Gasteiger partial charge in [0.2, 0.25) is 5.91 Å². The summed E-state index contributed by atoms with van der Waals surface area (Å²) in [6.07, 6.45) is 3.52. The van der Waals surface area contributed by atoms with E-state index in [2.05, 4.69) is 15.6 Å². The highest BCUT2D eigenvalue weighted by Gasteiger charge is 2.12. The number of amides is 2. The Morgan fingerprint density at radius 2 is 1.82 bits per heavy atom. The number of carbonyl (C=O) groups excluding carboxylic acids is 2. The summed E-state index contributed by atoms with van der Waals surface area (Å²) in [5.74, 6) is 1.49. The van der Waals surface area contributed by atoms with Gasteiger partial charge in [0.25, 0.3) is 5.91 Å². The standard InChI is InChI=1S/C26H26N4O3S/c1-17-4-5-18(2)23(14-17)29-24(31)16-34-26-27-12-13-30(26)21-9-7-20(8-10-21)25(32)28-15-22-11-6-19(3)33-22/h4-14H,15-16H2,1-3H3,(H,28,32)(H,29,31). The summed E-state index contributed by atoms with van der Waals surface area (Å²) in [5, 5.41) is 6.52. The number of hydrogen-bond acceptors (Lipinski definition) is 5. The molecule has 0 aliphatic rings. The van der Waals surface area contributed by atoms with Gasteiger partial charge in [0.05, 0.1) is 12.3 Å². The SMILES string of the molecule is Cc1ccc(C)c(NC(=O)CSc2nccn2-c2ccc(C(=O)NCc3ccc(C)o3)cc2)c1. The molecule has 2 heterocycles. The van der Waals surface area contributed by atoms with Crippen molar-refractivity contribution in [2.24, 2.45) is 0 Å². The number of hydrogen-bond donors (Lipinski definition) is 2. The maximum Gasteiger partial charge on any atom is 0.251 e. The molecule has 4 aromatic rings. The lowest BCUT2D eigenvalue weighted by molar-refractivity contribution is -0.113. The third-order valence-corrected chi connectivity index (χ3v) is 6.20. The zero-order valence-electron chi connectivity index (χ0n) is 19.3. The number of imidazole rings is 1. The zero-order valence-corrected chi connectivity index (χ0v) is 20.1. The Bertz CT molecular complexity index is 1310. The van der Waals surface area contributed by atoms with E-state index >= 15 is 0 Å². The first-order chi connectivity index (χ1) is 16.4. The molecule has 8 heteroatoms. The fourth-order valence-corrected chi connectivity index (χ4v) is 4.18. The summed E-state index contributed by atoms with van der Waals surface area (Å²) >= 11 is 1.35. The van der Waals surface area contributed by atoms with Crippen LogP contribution in [0.3, 0.4) is 0 Å². The molecule has 0 unspecified atom stereocenters. The molecule has 0 aliphatic carbocycles. The molecule has 2 aromatic carbocycles. The molecule has 7 nitrogen and oxygen atoms in total. The van der Waals surface area contributed by atoms with Crippen molar-refractivity contribution in [1.29, 1.82) is 0 Å². The number of nitrogens with zero attached hydrogens (tertiary/aromatic N) is 2. The second-order valence-electron chi connectivity index (χ2n) is 7.98. The molecule has 0 saturated carbocycles. The lowest BCUT2D eigenvalue weighted by Gasteiger charge is -2.10. The van der Waals surface area contributed by atoms with Crippen molar-refractivity contribution >= 4 is 29.3 Å². The van der Waals surface area contributed by atoms with Gasteiger partial charge in [-0.05, 0) is 74.4 Å². The topological polar surface area (TPSA) is 89.2 Å². The maximum atomic E-state index is 12.5. The van der Waals surface area contributed by atoms with Crippen molar-refractivity contribution in [2.75, 3.05) is 11.1 Å². The average molecular weight is 475 g/mol. The van der Waals surface area contributed by atoms with Crippen molar-refractivity contribution in [3.63, 3.8) is 0 Å².